The Morgan fingerprint density at radius 1 is 0.405 bits per heavy atom. The van der Waals surface area contributed by atoms with Crippen molar-refractivity contribution in [2.75, 3.05) is 11.5 Å². The number of aromatic nitrogens is 16. The minimum Gasteiger partial charge on any atom is -0.369 e. The first-order chi connectivity index (χ1) is 20.3. The molecule has 0 atom stereocenters. The molecule has 212 valence electrons. The number of nitrogens with zero attached hydrogens (tertiary/aromatic N) is 8. The molecule has 0 aromatic carbocycles. The van der Waals surface area contributed by atoms with Crippen molar-refractivity contribution in [1.82, 2.24) is 79.7 Å². The van der Waals surface area contributed by atoms with Crippen LogP contribution in [0.2, 0.25) is 0 Å². The summed E-state index contributed by atoms with van der Waals surface area (Å²) in [5, 5.41) is 0. The number of hydrogen-bond acceptors (Lipinski definition) is 14. The first-order valence-electron chi connectivity index (χ1n) is 11.4. The van der Waals surface area contributed by atoms with Gasteiger partial charge in [0.1, 0.15) is 0 Å². The molecule has 8 aromatic rings. The van der Waals surface area contributed by atoms with Gasteiger partial charge < -0.3 is 41.4 Å². The summed E-state index contributed by atoms with van der Waals surface area (Å²) in [7, 11) is 0. The molecule has 8 heterocycles. The summed E-state index contributed by atoms with van der Waals surface area (Å²) in [5.74, 6) is 0.157. The third-order valence-corrected chi connectivity index (χ3v) is 5.09. The fourth-order valence-electron chi connectivity index (χ4n) is 3.27. The van der Waals surface area contributed by atoms with Gasteiger partial charge in [-0.2, -0.15) is 9.97 Å². The van der Waals surface area contributed by atoms with Gasteiger partial charge in [-0.25, -0.2) is 29.9 Å². The van der Waals surface area contributed by atoms with Crippen molar-refractivity contribution in [3.63, 3.8) is 0 Å². The molecule has 0 aliphatic carbocycles. The third kappa shape index (κ3) is 5.70. The Morgan fingerprint density at radius 3 is 1.02 bits per heavy atom. The molecule has 0 aliphatic heterocycles. The normalized spacial score (nSPS) is 10.5. The number of nitrogens with one attached hydrogen (secondary N) is 8. The van der Waals surface area contributed by atoms with Crippen LogP contribution in [0.1, 0.15) is 0 Å². The van der Waals surface area contributed by atoms with Crippen molar-refractivity contribution in [3.8, 4) is 0 Å². The lowest BCUT2D eigenvalue weighted by Gasteiger charge is -1.89. The predicted molar refractivity (Wildman–Crippen MR) is 147 cm³/mol. The van der Waals surface area contributed by atoms with Crippen molar-refractivity contribution in [1.29, 1.82) is 0 Å². The smallest absolute Gasteiger partial charge is 0.278 e. The molecule has 12 N–H and O–H groups in total. The van der Waals surface area contributed by atoms with Gasteiger partial charge in [0.25, 0.3) is 22.2 Å². The summed E-state index contributed by atoms with van der Waals surface area (Å²) in [6, 6.07) is 0. The number of nitrogens with two attached hydrogens (primary N) is 2. The van der Waals surface area contributed by atoms with Gasteiger partial charge in [0.2, 0.25) is 11.9 Å². The zero-order valence-electron chi connectivity index (χ0n) is 20.8. The van der Waals surface area contributed by atoms with Crippen LogP contribution in [-0.4, -0.2) is 79.7 Å². The summed E-state index contributed by atoms with van der Waals surface area (Å²) in [6.07, 6.45) is 8.32. The average molecular weight is 574 g/mol. The Bertz CT molecular complexity index is 2180. The standard InChI is InChI=1S/2C5H5N5O.2C5H4N4O/c2*6-5-9-3-2(4(11)10-5)7-1-8-3;2*10-5-3-4(7-1-6-3)8-2-9-5/h2*1H,(H4,6,7,8,9,10,11);2*1-2H,(H2,6,7,8,9,10). The first-order valence-corrected chi connectivity index (χ1v) is 11.4. The van der Waals surface area contributed by atoms with Crippen LogP contribution in [0.4, 0.5) is 11.9 Å². The Labute approximate surface area is 227 Å². The zero-order valence-corrected chi connectivity index (χ0v) is 20.8. The molecule has 0 saturated carbocycles. The lowest BCUT2D eigenvalue weighted by molar-refractivity contribution is 1.15. The molecule has 0 unspecified atom stereocenters. The highest BCUT2D eigenvalue weighted by Crippen LogP contribution is 2.00. The summed E-state index contributed by atoms with van der Waals surface area (Å²) in [6.45, 7) is 0. The molecule has 0 spiro atoms. The lowest BCUT2D eigenvalue weighted by atomic mass is 10.5. The molecule has 8 aromatic heterocycles. The van der Waals surface area contributed by atoms with E-state index in [0.29, 0.717) is 44.7 Å². The van der Waals surface area contributed by atoms with Crippen LogP contribution >= 0.6 is 0 Å². The number of fused-ring (bicyclic) bond motifs is 4. The number of nitrogen functional groups attached to an aromatic ring is 2. The summed E-state index contributed by atoms with van der Waals surface area (Å²) < 4.78 is 0. The quantitative estimate of drug-likeness (QED) is 0.0914. The highest BCUT2D eigenvalue weighted by molar-refractivity contribution is 5.70. The van der Waals surface area contributed by atoms with E-state index >= 15 is 0 Å². The molecule has 22 nitrogen and oxygen atoms in total. The van der Waals surface area contributed by atoms with Gasteiger partial charge in [0.05, 0.1) is 38.0 Å². The molecular formula is C20H18N18O4. The van der Waals surface area contributed by atoms with E-state index in [2.05, 4.69) is 79.7 Å². The van der Waals surface area contributed by atoms with Crippen molar-refractivity contribution in [3.05, 3.63) is 79.4 Å². The summed E-state index contributed by atoms with van der Waals surface area (Å²) in [5.41, 5.74) is 12.6. The van der Waals surface area contributed by atoms with E-state index in [1.54, 1.807) is 0 Å². The van der Waals surface area contributed by atoms with E-state index in [-0.39, 0.29) is 34.1 Å². The SMILES string of the molecule is Nc1nc2nc[nH]c2c(=O)[nH]1.Nc1nc2nc[nH]c2c(=O)[nH]1.O=c1[nH]cnc2nc[nH]c12.O=c1[nH]cnc2nc[nH]c12. The maximum absolute atomic E-state index is 11.0. The minimum absolute atomic E-state index is 0.0783. The zero-order chi connectivity index (χ0) is 29.6. The van der Waals surface area contributed by atoms with E-state index in [9.17, 15) is 19.2 Å². The maximum atomic E-state index is 11.0. The van der Waals surface area contributed by atoms with Crippen molar-refractivity contribution < 1.29 is 0 Å². The second kappa shape index (κ2) is 11.4. The van der Waals surface area contributed by atoms with Gasteiger partial charge in [-0.1, -0.05) is 0 Å². The second-order valence-corrected chi connectivity index (χ2v) is 7.77. The molecule has 0 aliphatic rings. The van der Waals surface area contributed by atoms with Crippen molar-refractivity contribution in [2.45, 2.75) is 0 Å². The van der Waals surface area contributed by atoms with Crippen LogP contribution in [0.3, 0.4) is 0 Å². The van der Waals surface area contributed by atoms with Crippen LogP contribution < -0.4 is 33.7 Å². The molecule has 42 heavy (non-hydrogen) atoms. The largest absolute Gasteiger partial charge is 0.369 e. The van der Waals surface area contributed by atoms with E-state index < -0.39 is 0 Å². The number of imidazole rings is 4. The van der Waals surface area contributed by atoms with Crippen LogP contribution in [0.25, 0.3) is 44.7 Å². The van der Waals surface area contributed by atoms with Crippen molar-refractivity contribution >= 4 is 56.6 Å². The Morgan fingerprint density at radius 2 is 0.690 bits per heavy atom. The maximum Gasteiger partial charge on any atom is 0.278 e. The number of hydrogen-bond donors (Lipinski definition) is 10. The van der Waals surface area contributed by atoms with Gasteiger partial charge in [-0.05, 0) is 0 Å². The van der Waals surface area contributed by atoms with E-state index in [4.69, 9.17) is 11.5 Å². The molecule has 0 amide bonds. The van der Waals surface area contributed by atoms with Crippen molar-refractivity contribution in [2.24, 2.45) is 0 Å². The molecule has 0 saturated heterocycles. The molecule has 0 bridgehead atoms. The van der Waals surface area contributed by atoms with Crippen LogP contribution in [0.15, 0.2) is 57.1 Å². The monoisotopic (exact) mass is 574 g/mol. The minimum atomic E-state index is -0.301. The molecule has 8 rings (SSSR count). The highest BCUT2D eigenvalue weighted by atomic mass is 16.1. The Hall–Kier alpha value is -7.00. The summed E-state index contributed by atoms with van der Waals surface area (Å²) >= 11 is 0. The molecule has 0 radical (unpaired) electrons. The topological polar surface area (TPSA) is 350 Å². The lowest BCUT2D eigenvalue weighted by Crippen LogP contribution is -2.10. The van der Waals surface area contributed by atoms with Gasteiger partial charge in [-0.3, -0.25) is 29.1 Å². The summed E-state index contributed by atoms with van der Waals surface area (Å²) in [4.78, 5) is 94.2. The van der Waals surface area contributed by atoms with E-state index in [1.165, 1.54) is 38.0 Å². The number of rotatable bonds is 0. The third-order valence-electron chi connectivity index (χ3n) is 5.09. The van der Waals surface area contributed by atoms with Gasteiger partial charge in [0, 0.05) is 0 Å². The van der Waals surface area contributed by atoms with E-state index in [1.807, 2.05) is 0 Å². The molecule has 0 fully saturated rings. The number of H-pyrrole nitrogens is 8. The highest BCUT2D eigenvalue weighted by Gasteiger charge is 2.03. The van der Waals surface area contributed by atoms with Gasteiger partial charge in [-0.15, -0.1) is 0 Å². The Kier molecular flexibility index (Phi) is 7.22. The number of anilines is 2. The number of aromatic amines is 8. The van der Waals surface area contributed by atoms with E-state index in [0.717, 1.165) is 0 Å². The second-order valence-electron chi connectivity index (χ2n) is 7.77. The van der Waals surface area contributed by atoms with Gasteiger partial charge in [0.15, 0.2) is 44.7 Å². The molecular weight excluding hydrogens is 556 g/mol. The van der Waals surface area contributed by atoms with Crippen LogP contribution in [0.5, 0.6) is 0 Å². The van der Waals surface area contributed by atoms with Crippen LogP contribution in [0, 0.1) is 0 Å². The molecule has 22 heteroatoms. The van der Waals surface area contributed by atoms with Gasteiger partial charge >= 0.3 is 0 Å². The fraction of sp³-hybridized carbons (Fsp3) is 0. The average Bonchev–Trinajstić information content (AvgIpc) is 3.77. The predicted octanol–water partition coefficient (Wildman–Crippen LogP) is -2.25. The Balaban J connectivity index is 0.000000112. The van der Waals surface area contributed by atoms with Crippen LogP contribution in [-0.2, 0) is 0 Å². The first kappa shape index (κ1) is 26.6. The fourth-order valence-corrected chi connectivity index (χ4v) is 3.27.